The molecule has 0 saturated carbocycles. The Hall–Kier alpha value is -1.42. The molecule has 0 fully saturated rings. The van der Waals surface area contributed by atoms with Crippen molar-refractivity contribution in [2.24, 2.45) is 0 Å². The summed E-state index contributed by atoms with van der Waals surface area (Å²) in [5.74, 6) is 0. The summed E-state index contributed by atoms with van der Waals surface area (Å²) < 4.78 is 25.0. The molecule has 2 rings (SSSR count). The standard InChI is InChI=1S/C12H11ClF2N2/c1-7(12(14)15)17-10-5-4-9(13)8-3-2-6-16-11(8)10/h2-7,12,17H,1H3. The molecule has 0 amide bonds. The number of benzene rings is 1. The van der Waals surface area contributed by atoms with E-state index in [1.165, 1.54) is 6.92 Å². The zero-order chi connectivity index (χ0) is 12.4. The average Bonchev–Trinajstić information content (AvgIpc) is 2.33. The Kier molecular flexibility index (Phi) is 3.43. The second-order valence-corrected chi connectivity index (χ2v) is 4.17. The number of pyridine rings is 1. The monoisotopic (exact) mass is 256 g/mol. The van der Waals surface area contributed by atoms with Crippen LogP contribution in [0, 0.1) is 0 Å². The predicted molar refractivity (Wildman–Crippen MR) is 65.8 cm³/mol. The Balaban J connectivity index is 2.45. The Bertz CT molecular complexity index is 531. The number of fused-ring (bicyclic) bond motifs is 1. The Labute approximate surface area is 103 Å². The van der Waals surface area contributed by atoms with Crippen molar-refractivity contribution in [3.05, 3.63) is 35.5 Å². The molecule has 1 N–H and O–H groups in total. The van der Waals surface area contributed by atoms with E-state index in [0.29, 0.717) is 16.2 Å². The minimum Gasteiger partial charge on any atom is -0.375 e. The Morgan fingerprint density at radius 3 is 2.76 bits per heavy atom. The summed E-state index contributed by atoms with van der Waals surface area (Å²) in [6, 6.07) is 5.97. The largest absolute Gasteiger partial charge is 0.375 e. The third kappa shape index (κ3) is 2.47. The van der Waals surface area contributed by atoms with Crippen molar-refractivity contribution < 1.29 is 8.78 Å². The first kappa shape index (κ1) is 12.0. The summed E-state index contributed by atoms with van der Waals surface area (Å²) in [4.78, 5) is 4.16. The summed E-state index contributed by atoms with van der Waals surface area (Å²) in [7, 11) is 0. The Morgan fingerprint density at radius 1 is 1.29 bits per heavy atom. The van der Waals surface area contributed by atoms with Crippen LogP contribution in [0.4, 0.5) is 14.5 Å². The van der Waals surface area contributed by atoms with Crippen molar-refractivity contribution in [1.82, 2.24) is 4.98 Å². The van der Waals surface area contributed by atoms with E-state index in [1.54, 1.807) is 24.4 Å². The maximum absolute atomic E-state index is 12.5. The van der Waals surface area contributed by atoms with Crippen LogP contribution in [0.2, 0.25) is 5.02 Å². The van der Waals surface area contributed by atoms with E-state index in [0.717, 1.165) is 5.39 Å². The van der Waals surface area contributed by atoms with E-state index in [9.17, 15) is 8.78 Å². The van der Waals surface area contributed by atoms with Crippen LogP contribution in [0.5, 0.6) is 0 Å². The Morgan fingerprint density at radius 2 is 2.06 bits per heavy atom. The summed E-state index contributed by atoms with van der Waals surface area (Å²) in [6.45, 7) is 1.42. The predicted octanol–water partition coefficient (Wildman–Crippen LogP) is 3.95. The fourth-order valence-corrected chi connectivity index (χ4v) is 1.78. The quantitative estimate of drug-likeness (QED) is 0.899. The maximum atomic E-state index is 12.5. The molecule has 2 nitrogen and oxygen atoms in total. The molecule has 0 aliphatic carbocycles. The van der Waals surface area contributed by atoms with Crippen molar-refractivity contribution in [3.8, 4) is 0 Å². The van der Waals surface area contributed by atoms with Gasteiger partial charge in [-0.05, 0) is 31.2 Å². The third-order valence-corrected chi connectivity index (χ3v) is 2.81. The number of hydrogen-bond donors (Lipinski definition) is 1. The van der Waals surface area contributed by atoms with E-state index in [4.69, 9.17) is 11.6 Å². The van der Waals surface area contributed by atoms with Crippen molar-refractivity contribution in [1.29, 1.82) is 0 Å². The lowest BCUT2D eigenvalue weighted by molar-refractivity contribution is 0.131. The zero-order valence-electron chi connectivity index (χ0n) is 9.12. The molecule has 0 aliphatic heterocycles. The highest BCUT2D eigenvalue weighted by molar-refractivity contribution is 6.35. The number of halogens is 3. The first-order chi connectivity index (χ1) is 8.09. The molecule has 1 heterocycles. The first-order valence-corrected chi connectivity index (χ1v) is 5.55. The molecule has 2 aromatic rings. The molecule has 0 radical (unpaired) electrons. The van der Waals surface area contributed by atoms with Gasteiger partial charge < -0.3 is 5.32 Å². The lowest BCUT2D eigenvalue weighted by Crippen LogP contribution is -2.23. The van der Waals surface area contributed by atoms with Crippen LogP contribution >= 0.6 is 11.6 Å². The van der Waals surface area contributed by atoms with Gasteiger partial charge in [0.15, 0.2) is 0 Å². The van der Waals surface area contributed by atoms with Crippen LogP contribution in [-0.4, -0.2) is 17.5 Å². The topological polar surface area (TPSA) is 24.9 Å². The number of alkyl halides is 2. The number of nitrogens with one attached hydrogen (secondary N) is 1. The SMILES string of the molecule is CC(Nc1ccc(Cl)c2cccnc12)C(F)F. The van der Waals surface area contributed by atoms with Crippen LogP contribution in [-0.2, 0) is 0 Å². The van der Waals surface area contributed by atoms with Gasteiger partial charge in [0.2, 0.25) is 0 Å². The molecule has 5 heteroatoms. The molecule has 1 aromatic heterocycles. The van der Waals surface area contributed by atoms with E-state index in [2.05, 4.69) is 10.3 Å². The minimum absolute atomic E-state index is 0.559. The molecular formula is C12H11ClF2N2. The maximum Gasteiger partial charge on any atom is 0.258 e. The highest BCUT2D eigenvalue weighted by atomic mass is 35.5. The normalized spacial score (nSPS) is 13.0. The van der Waals surface area contributed by atoms with E-state index in [-0.39, 0.29) is 0 Å². The second kappa shape index (κ2) is 4.84. The molecule has 1 unspecified atom stereocenters. The van der Waals surface area contributed by atoms with Gasteiger partial charge in [-0.2, -0.15) is 0 Å². The molecule has 0 saturated heterocycles. The first-order valence-electron chi connectivity index (χ1n) is 5.17. The zero-order valence-corrected chi connectivity index (χ0v) is 9.88. The lowest BCUT2D eigenvalue weighted by Gasteiger charge is -2.15. The van der Waals surface area contributed by atoms with E-state index < -0.39 is 12.5 Å². The molecule has 0 bridgehead atoms. The van der Waals surface area contributed by atoms with Gasteiger partial charge in [0.05, 0.1) is 22.3 Å². The highest BCUT2D eigenvalue weighted by Gasteiger charge is 2.15. The molecular weight excluding hydrogens is 246 g/mol. The van der Waals surface area contributed by atoms with Crippen molar-refractivity contribution in [3.63, 3.8) is 0 Å². The third-order valence-electron chi connectivity index (χ3n) is 2.48. The minimum atomic E-state index is -2.43. The lowest BCUT2D eigenvalue weighted by atomic mass is 10.2. The summed E-state index contributed by atoms with van der Waals surface area (Å²) in [5.41, 5.74) is 1.17. The summed E-state index contributed by atoms with van der Waals surface area (Å²) >= 11 is 6.01. The van der Waals surface area contributed by atoms with Gasteiger partial charge in [-0.1, -0.05) is 11.6 Å². The molecule has 17 heavy (non-hydrogen) atoms. The molecule has 0 spiro atoms. The van der Waals surface area contributed by atoms with Crippen molar-refractivity contribution in [2.45, 2.75) is 19.4 Å². The van der Waals surface area contributed by atoms with E-state index in [1.807, 2.05) is 6.07 Å². The van der Waals surface area contributed by atoms with Crippen LogP contribution in [0.3, 0.4) is 0 Å². The number of hydrogen-bond acceptors (Lipinski definition) is 2. The van der Waals surface area contributed by atoms with Crippen LogP contribution in [0.15, 0.2) is 30.5 Å². The number of anilines is 1. The molecule has 0 aliphatic rings. The average molecular weight is 257 g/mol. The van der Waals surface area contributed by atoms with Gasteiger partial charge >= 0.3 is 0 Å². The smallest absolute Gasteiger partial charge is 0.258 e. The van der Waals surface area contributed by atoms with Crippen molar-refractivity contribution >= 4 is 28.2 Å². The molecule has 90 valence electrons. The van der Waals surface area contributed by atoms with Crippen LogP contribution in [0.1, 0.15) is 6.92 Å². The number of nitrogens with zero attached hydrogens (tertiary/aromatic N) is 1. The van der Waals surface area contributed by atoms with Crippen LogP contribution in [0.25, 0.3) is 10.9 Å². The van der Waals surface area contributed by atoms with Crippen LogP contribution < -0.4 is 5.32 Å². The number of rotatable bonds is 3. The van der Waals surface area contributed by atoms with Gasteiger partial charge in [0, 0.05) is 11.6 Å². The summed E-state index contributed by atoms with van der Waals surface area (Å²) in [5, 5.41) is 4.05. The summed E-state index contributed by atoms with van der Waals surface area (Å²) in [6.07, 6.45) is -0.818. The molecule has 1 aromatic carbocycles. The molecule has 1 atom stereocenters. The van der Waals surface area contributed by atoms with Crippen molar-refractivity contribution in [2.75, 3.05) is 5.32 Å². The fraction of sp³-hybridized carbons (Fsp3) is 0.250. The van der Waals surface area contributed by atoms with Gasteiger partial charge in [0.25, 0.3) is 6.43 Å². The fourth-order valence-electron chi connectivity index (χ4n) is 1.56. The second-order valence-electron chi connectivity index (χ2n) is 3.76. The van der Waals surface area contributed by atoms with Gasteiger partial charge in [-0.3, -0.25) is 4.98 Å². The van der Waals surface area contributed by atoms with Gasteiger partial charge in [-0.25, -0.2) is 8.78 Å². The number of aromatic nitrogens is 1. The van der Waals surface area contributed by atoms with E-state index >= 15 is 0 Å². The highest BCUT2D eigenvalue weighted by Crippen LogP contribution is 2.28. The van der Waals surface area contributed by atoms with Gasteiger partial charge in [0.1, 0.15) is 0 Å². The van der Waals surface area contributed by atoms with Gasteiger partial charge in [-0.15, -0.1) is 0 Å².